The predicted molar refractivity (Wildman–Crippen MR) is 16.7 cm³/mol. The van der Waals surface area contributed by atoms with Gasteiger partial charge in [-0.1, -0.05) is 0 Å². The number of carboxylic acids is 1. The van der Waals surface area contributed by atoms with Gasteiger partial charge in [-0.3, -0.25) is 0 Å². The third-order valence-corrected chi connectivity index (χ3v) is 0. The molecule has 0 rings (SSSR count). The minimum atomic E-state index is -1.08. The van der Waals surface area contributed by atoms with E-state index in [1.165, 1.54) is 0 Å². The van der Waals surface area contributed by atoms with Crippen molar-refractivity contribution in [2.45, 2.75) is 6.92 Å². The van der Waals surface area contributed by atoms with Crippen molar-refractivity contribution in [1.29, 1.82) is 0 Å². The smallest absolute Gasteiger partial charge is 0.550 e. The van der Waals surface area contributed by atoms with Crippen molar-refractivity contribution in [3.05, 3.63) is 0 Å². The monoisotopic (exact) mass is 116 g/mol. The van der Waals surface area contributed by atoms with E-state index < -0.39 is 5.97 Å². The number of aliphatic carboxylic acids is 1. The van der Waals surface area contributed by atoms with Crippen LogP contribution in [0.1, 0.15) is 6.92 Å². The molecule has 3 nitrogen and oxygen atoms in total. The van der Waals surface area contributed by atoms with Crippen molar-refractivity contribution in [3.8, 4) is 0 Å². The van der Waals surface area contributed by atoms with E-state index in [2.05, 4.69) is 0 Å². The summed E-state index contributed by atoms with van der Waals surface area (Å²) in [5.41, 5.74) is 0. The molecule has 0 aromatic heterocycles. The first-order valence-electron chi connectivity index (χ1n) is 0.908. The molecular formula is C2H7KNO2+. The Kier molecular flexibility index (Phi) is 24.7. The van der Waals surface area contributed by atoms with E-state index in [-0.39, 0.29) is 57.5 Å². The first-order valence-corrected chi connectivity index (χ1v) is 0.908. The summed E-state index contributed by atoms with van der Waals surface area (Å²) in [6.45, 7) is 0.972. The molecule has 0 saturated carbocycles. The van der Waals surface area contributed by atoms with Crippen molar-refractivity contribution in [1.82, 2.24) is 6.15 Å². The van der Waals surface area contributed by atoms with Crippen LogP contribution < -0.4 is 62.6 Å². The normalized spacial score (nSPS) is 4.17. The topological polar surface area (TPSA) is 76.6 Å². The van der Waals surface area contributed by atoms with Crippen LogP contribution in [0.4, 0.5) is 0 Å². The van der Waals surface area contributed by atoms with Crippen LogP contribution in [-0.2, 0) is 4.79 Å². The van der Waals surface area contributed by atoms with Gasteiger partial charge in [0, 0.05) is 5.97 Å². The van der Waals surface area contributed by atoms with Crippen molar-refractivity contribution in [2.24, 2.45) is 0 Å². The van der Waals surface area contributed by atoms with Gasteiger partial charge >= 0.3 is 51.4 Å². The van der Waals surface area contributed by atoms with Crippen LogP contribution in [0.2, 0.25) is 0 Å². The molecule has 0 heterocycles. The molecule has 0 unspecified atom stereocenters. The second kappa shape index (κ2) is 9.42. The summed E-state index contributed by atoms with van der Waals surface area (Å²) in [7, 11) is 0. The molecule has 4 heteroatoms. The third kappa shape index (κ3) is 73.7. The Morgan fingerprint density at radius 3 is 1.67 bits per heavy atom. The number of quaternary nitrogens is 1. The van der Waals surface area contributed by atoms with Gasteiger partial charge in [0.1, 0.15) is 0 Å². The zero-order valence-electron chi connectivity index (χ0n) is 4.32. The fourth-order valence-corrected chi connectivity index (χ4v) is 0. The Labute approximate surface area is 79.1 Å². The molecule has 0 bridgehead atoms. The molecule has 0 aliphatic carbocycles. The predicted octanol–water partition coefficient (Wildman–Crippen LogP) is -3.86. The SMILES string of the molecule is CC(=O)[O-].[K+].[NH4+]. The Morgan fingerprint density at radius 2 is 1.67 bits per heavy atom. The molecule has 6 heavy (non-hydrogen) atoms. The zero-order valence-corrected chi connectivity index (χ0v) is 7.44. The molecule has 4 N–H and O–H groups in total. The van der Waals surface area contributed by atoms with Crippen molar-refractivity contribution in [2.75, 3.05) is 0 Å². The molecule has 0 radical (unpaired) electrons. The second-order valence-corrected chi connectivity index (χ2v) is 0.492. The first kappa shape index (κ1) is 15.7. The molecule has 0 aliphatic rings. The van der Waals surface area contributed by atoms with E-state index >= 15 is 0 Å². The molecule has 0 fully saturated rings. The van der Waals surface area contributed by atoms with Gasteiger partial charge in [0.25, 0.3) is 0 Å². The molecule has 0 aliphatic heterocycles. The number of carbonyl (C=O) groups excluding carboxylic acids is 1. The summed E-state index contributed by atoms with van der Waals surface area (Å²) in [6, 6.07) is 0. The summed E-state index contributed by atoms with van der Waals surface area (Å²) in [4.78, 5) is 8.89. The molecule has 0 spiro atoms. The van der Waals surface area contributed by atoms with Gasteiger partial charge in [0.2, 0.25) is 0 Å². The first-order chi connectivity index (χ1) is 1.73. The molecular weight excluding hydrogens is 109 g/mol. The van der Waals surface area contributed by atoms with E-state index in [1.54, 1.807) is 0 Å². The summed E-state index contributed by atoms with van der Waals surface area (Å²) in [6.07, 6.45) is 0. The number of hydrogen-bond donors (Lipinski definition) is 1. The maximum absolute atomic E-state index is 8.89. The van der Waals surface area contributed by atoms with Crippen LogP contribution in [-0.4, -0.2) is 5.97 Å². The van der Waals surface area contributed by atoms with Crippen LogP contribution >= 0.6 is 0 Å². The molecule has 0 saturated heterocycles. The van der Waals surface area contributed by atoms with Crippen molar-refractivity contribution < 1.29 is 61.3 Å². The quantitative estimate of drug-likeness (QED) is 0.329. The average Bonchev–Trinajstić information content (AvgIpc) is 0.811. The number of carbonyl (C=O) groups is 1. The Morgan fingerprint density at radius 1 is 1.67 bits per heavy atom. The minimum Gasteiger partial charge on any atom is -0.550 e. The van der Waals surface area contributed by atoms with Gasteiger partial charge in [-0.05, 0) is 6.92 Å². The number of hydrogen-bond acceptors (Lipinski definition) is 2. The summed E-state index contributed by atoms with van der Waals surface area (Å²) in [5, 5.41) is 8.89. The average molecular weight is 116 g/mol. The maximum Gasteiger partial charge on any atom is 1.00 e. The van der Waals surface area contributed by atoms with Crippen LogP contribution in [0.25, 0.3) is 0 Å². The molecule has 0 aromatic rings. The Bertz CT molecular complexity index is 34.5. The molecule has 0 amide bonds. The minimum absolute atomic E-state index is 0. The van der Waals surface area contributed by atoms with E-state index in [1.807, 2.05) is 0 Å². The fourth-order valence-electron chi connectivity index (χ4n) is 0. The molecule has 32 valence electrons. The summed E-state index contributed by atoms with van der Waals surface area (Å²) >= 11 is 0. The largest absolute Gasteiger partial charge is 1.00 e. The van der Waals surface area contributed by atoms with Crippen LogP contribution in [0, 0.1) is 0 Å². The summed E-state index contributed by atoms with van der Waals surface area (Å²) in [5.74, 6) is -1.08. The van der Waals surface area contributed by atoms with E-state index in [0.29, 0.717) is 0 Å². The van der Waals surface area contributed by atoms with Gasteiger partial charge in [-0.15, -0.1) is 0 Å². The zero-order chi connectivity index (χ0) is 3.58. The third-order valence-electron chi connectivity index (χ3n) is 0. The van der Waals surface area contributed by atoms with Gasteiger partial charge in [0.05, 0.1) is 0 Å². The van der Waals surface area contributed by atoms with E-state index in [9.17, 15) is 0 Å². The van der Waals surface area contributed by atoms with Gasteiger partial charge in [-0.2, -0.15) is 0 Å². The molecule has 0 atom stereocenters. The number of carboxylic acid groups (broad SMARTS) is 1. The van der Waals surface area contributed by atoms with Crippen molar-refractivity contribution in [3.63, 3.8) is 0 Å². The van der Waals surface area contributed by atoms with E-state index in [0.717, 1.165) is 6.92 Å². The van der Waals surface area contributed by atoms with Crippen LogP contribution in [0.5, 0.6) is 0 Å². The second-order valence-electron chi connectivity index (χ2n) is 0.492. The molecule has 0 aromatic carbocycles. The standard InChI is InChI=1S/C2H4O2.K.H3N/c1-2(3)4;;/h1H3,(H,3,4);;1H3/q;+1;. The maximum atomic E-state index is 8.89. The number of rotatable bonds is 0. The van der Waals surface area contributed by atoms with Gasteiger partial charge < -0.3 is 16.1 Å². The van der Waals surface area contributed by atoms with Gasteiger partial charge in [-0.25, -0.2) is 0 Å². The van der Waals surface area contributed by atoms with Crippen molar-refractivity contribution >= 4 is 5.97 Å². The van der Waals surface area contributed by atoms with E-state index in [4.69, 9.17) is 9.90 Å². The van der Waals surface area contributed by atoms with Gasteiger partial charge in [0.15, 0.2) is 0 Å². The fraction of sp³-hybridized carbons (Fsp3) is 0.500. The Balaban J connectivity index is -0.0000000450. The van der Waals surface area contributed by atoms with Crippen LogP contribution in [0.15, 0.2) is 0 Å². The van der Waals surface area contributed by atoms with Crippen LogP contribution in [0.3, 0.4) is 0 Å². The summed E-state index contributed by atoms with van der Waals surface area (Å²) < 4.78 is 0. The Hall–Kier alpha value is 1.07.